The van der Waals surface area contributed by atoms with E-state index in [1.807, 2.05) is 43.1 Å². The molecule has 0 aromatic heterocycles. The number of hydrogen-bond donors (Lipinski definition) is 1. The van der Waals surface area contributed by atoms with Crippen LogP contribution in [0.1, 0.15) is 5.56 Å². The Kier molecular flexibility index (Phi) is 5.57. The number of rotatable bonds is 5. The van der Waals surface area contributed by atoms with Gasteiger partial charge in [0.15, 0.2) is 12.0 Å². The molecule has 0 saturated carbocycles. The SMILES string of the molecule is CN(C)CCN=C1NC2C(C(=O)N(Cc3ccc(Cl)cc3)C(=O)N2C)N1C. The maximum absolute atomic E-state index is 13.1. The third-order valence-electron chi connectivity index (χ3n) is 4.86. The lowest BCUT2D eigenvalue weighted by atomic mass is 10.1. The molecule has 2 saturated heterocycles. The van der Waals surface area contributed by atoms with Gasteiger partial charge in [-0.15, -0.1) is 0 Å². The maximum atomic E-state index is 13.1. The van der Waals surface area contributed by atoms with Crippen molar-refractivity contribution >= 4 is 29.5 Å². The van der Waals surface area contributed by atoms with Gasteiger partial charge in [0.1, 0.15) is 6.17 Å². The van der Waals surface area contributed by atoms with E-state index in [-0.39, 0.29) is 18.5 Å². The second kappa shape index (κ2) is 7.74. The normalized spacial score (nSPS) is 24.1. The van der Waals surface area contributed by atoms with E-state index >= 15 is 0 Å². The summed E-state index contributed by atoms with van der Waals surface area (Å²) in [5.74, 6) is 0.402. The predicted octanol–water partition coefficient (Wildman–Crippen LogP) is 0.881. The van der Waals surface area contributed by atoms with Crippen LogP contribution in [0.3, 0.4) is 0 Å². The number of fused-ring (bicyclic) bond motifs is 1. The number of likely N-dealkylation sites (N-methyl/N-ethyl adjacent to an activating group) is 3. The van der Waals surface area contributed by atoms with Gasteiger partial charge in [0, 0.05) is 25.7 Å². The lowest BCUT2D eigenvalue weighted by Gasteiger charge is -2.40. The van der Waals surface area contributed by atoms with Crippen molar-refractivity contribution in [1.29, 1.82) is 0 Å². The summed E-state index contributed by atoms with van der Waals surface area (Å²) in [5.41, 5.74) is 0.849. The van der Waals surface area contributed by atoms with E-state index in [1.54, 1.807) is 24.1 Å². The monoisotopic (exact) mass is 392 g/mol. The highest BCUT2D eigenvalue weighted by atomic mass is 35.5. The summed E-state index contributed by atoms with van der Waals surface area (Å²) in [6.07, 6.45) is -0.422. The fourth-order valence-corrected chi connectivity index (χ4v) is 3.39. The fourth-order valence-electron chi connectivity index (χ4n) is 3.26. The highest BCUT2D eigenvalue weighted by Gasteiger charge is 2.51. The molecule has 1 aromatic carbocycles. The number of hydrogen-bond acceptors (Lipinski definition) is 4. The molecule has 1 N–H and O–H groups in total. The largest absolute Gasteiger partial charge is 0.334 e. The molecular formula is C18H25ClN6O2. The van der Waals surface area contributed by atoms with Crippen molar-refractivity contribution in [2.24, 2.45) is 4.99 Å². The van der Waals surface area contributed by atoms with Crippen LogP contribution >= 0.6 is 11.6 Å². The van der Waals surface area contributed by atoms with Gasteiger partial charge < -0.3 is 20.0 Å². The third-order valence-corrected chi connectivity index (χ3v) is 5.11. The summed E-state index contributed by atoms with van der Waals surface area (Å²) in [4.78, 5) is 37.1. The molecule has 1 aromatic rings. The predicted molar refractivity (Wildman–Crippen MR) is 104 cm³/mol. The van der Waals surface area contributed by atoms with Crippen LogP contribution in [0.4, 0.5) is 4.79 Å². The van der Waals surface area contributed by atoms with Crippen molar-refractivity contribution in [3.8, 4) is 0 Å². The van der Waals surface area contributed by atoms with Crippen LogP contribution in [0, 0.1) is 0 Å². The van der Waals surface area contributed by atoms with Crippen LogP contribution in [-0.2, 0) is 11.3 Å². The van der Waals surface area contributed by atoms with E-state index in [4.69, 9.17) is 11.6 Å². The molecule has 0 bridgehead atoms. The van der Waals surface area contributed by atoms with Crippen molar-refractivity contribution in [2.45, 2.75) is 18.8 Å². The van der Waals surface area contributed by atoms with Crippen molar-refractivity contribution in [3.63, 3.8) is 0 Å². The summed E-state index contributed by atoms with van der Waals surface area (Å²) in [6.45, 7) is 1.63. The van der Waals surface area contributed by atoms with Crippen LogP contribution < -0.4 is 5.32 Å². The van der Waals surface area contributed by atoms with Crippen molar-refractivity contribution in [2.75, 3.05) is 41.3 Å². The molecule has 2 aliphatic rings. The zero-order valence-electron chi connectivity index (χ0n) is 16.0. The number of amides is 3. The minimum atomic E-state index is -0.502. The van der Waals surface area contributed by atoms with Gasteiger partial charge in [-0.3, -0.25) is 14.7 Å². The number of nitrogens with one attached hydrogen (secondary N) is 1. The summed E-state index contributed by atoms with van der Waals surface area (Å²) in [7, 11) is 7.49. The van der Waals surface area contributed by atoms with E-state index in [1.165, 1.54) is 4.90 Å². The standard InChI is InChI=1S/C18H25ClN6O2/c1-22(2)10-9-20-17-21-15-14(23(17)3)16(26)25(18(27)24(15)4)11-12-5-7-13(19)8-6-12/h5-8,14-15H,9-11H2,1-4H3,(H,20,21). The van der Waals surface area contributed by atoms with Gasteiger partial charge in [-0.25, -0.2) is 4.79 Å². The lowest BCUT2D eigenvalue weighted by Crippen LogP contribution is -2.65. The number of benzene rings is 1. The molecule has 2 fully saturated rings. The van der Waals surface area contributed by atoms with Crippen LogP contribution in [0.15, 0.2) is 29.3 Å². The van der Waals surface area contributed by atoms with Gasteiger partial charge in [-0.2, -0.15) is 0 Å². The van der Waals surface area contributed by atoms with Crippen molar-refractivity contribution in [1.82, 2.24) is 24.9 Å². The Balaban J connectivity index is 1.79. The number of imide groups is 1. The Labute approximate surface area is 164 Å². The van der Waals surface area contributed by atoms with Crippen molar-refractivity contribution < 1.29 is 9.59 Å². The second-order valence-electron chi connectivity index (χ2n) is 7.10. The Morgan fingerprint density at radius 2 is 1.81 bits per heavy atom. The zero-order valence-corrected chi connectivity index (χ0v) is 16.8. The summed E-state index contributed by atoms with van der Waals surface area (Å²) >= 11 is 5.92. The lowest BCUT2D eigenvalue weighted by molar-refractivity contribution is -0.137. The minimum Gasteiger partial charge on any atom is -0.334 e. The molecule has 0 spiro atoms. The fraction of sp³-hybridized carbons (Fsp3) is 0.500. The number of guanidine groups is 1. The maximum Gasteiger partial charge on any atom is 0.328 e. The van der Waals surface area contributed by atoms with Gasteiger partial charge in [0.25, 0.3) is 5.91 Å². The molecule has 2 unspecified atom stereocenters. The first-order valence-electron chi connectivity index (χ1n) is 8.80. The number of halogens is 1. The first-order valence-corrected chi connectivity index (χ1v) is 9.18. The molecule has 0 radical (unpaired) electrons. The van der Waals surface area contributed by atoms with Gasteiger partial charge in [0.2, 0.25) is 0 Å². The Morgan fingerprint density at radius 1 is 1.15 bits per heavy atom. The summed E-state index contributed by atoms with van der Waals surface area (Å²) in [5, 5.41) is 3.83. The molecule has 0 aliphatic carbocycles. The van der Waals surface area contributed by atoms with Gasteiger partial charge in [0.05, 0.1) is 13.1 Å². The Hall–Kier alpha value is -2.32. The average Bonchev–Trinajstić information content (AvgIpc) is 2.95. The van der Waals surface area contributed by atoms with Crippen LogP contribution in [0.2, 0.25) is 5.02 Å². The number of carbonyl (C=O) groups is 2. The smallest absolute Gasteiger partial charge is 0.328 e. The van der Waals surface area contributed by atoms with E-state index in [0.717, 1.165) is 12.1 Å². The first-order chi connectivity index (χ1) is 12.8. The molecule has 3 amide bonds. The quantitative estimate of drug-likeness (QED) is 0.805. The van der Waals surface area contributed by atoms with E-state index in [2.05, 4.69) is 10.3 Å². The molecule has 27 heavy (non-hydrogen) atoms. The zero-order chi connectivity index (χ0) is 19.7. The van der Waals surface area contributed by atoms with Crippen molar-refractivity contribution in [3.05, 3.63) is 34.9 Å². The highest BCUT2D eigenvalue weighted by molar-refractivity contribution is 6.30. The molecule has 2 aliphatic heterocycles. The van der Waals surface area contributed by atoms with Crippen LogP contribution in [0.25, 0.3) is 0 Å². The molecule has 9 heteroatoms. The molecule has 146 valence electrons. The van der Waals surface area contributed by atoms with Crippen LogP contribution in [0.5, 0.6) is 0 Å². The van der Waals surface area contributed by atoms with E-state index < -0.39 is 12.2 Å². The van der Waals surface area contributed by atoms with Gasteiger partial charge in [-0.1, -0.05) is 23.7 Å². The number of carbonyl (C=O) groups excluding carboxylic acids is 2. The second-order valence-corrected chi connectivity index (χ2v) is 7.53. The molecule has 3 rings (SSSR count). The average molecular weight is 393 g/mol. The van der Waals surface area contributed by atoms with E-state index in [9.17, 15) is 9.59 Å². The summed E-state index contributed by atoms with van der Waals surface area (Å²) in [6, 6.07) is 6.31. The summed E-state index contributed by atoms with van der Waals surface area (Å²) < 4.78 is 0. The van der Waals surface area contributed by atoms with Gasteiger partial charge in [-0.05, 0) is 31.8 Å². The Bertz CT molecular complexity index is 751. The van der Waals surface area contributed by atoms with E-state index in [0.29, 0.717) is 17.5 Å². The highest BCUT2D eigenvalue weighted by Crippen LogP contribution is 2.25. The molecular weight excluding hydrogens is 368 g/mol. The van der Waals surface area contributed by atoms with Gasteiger partial charge >= 0.3 is 6.03 Å². The first kappa shape index (κ1) is 19.4. The molecule has 2 heterocycles. The number of nitrogens with zero attached hydrogens (tertiary/aromatic N) is 5. The number of aliphatic imine (C=N–C) groups is 1. The molecule has 8 nitrogen and oxygen atoms in total. The number of urea groups is 1. The topological polar surface area (TPSA) is 71.5 Å². The van der Waals surface area contributed by atoms with Crippen LogP contribution in [-0.4, -0.2) is 91.0 Å². The Morgan fingerprint density at radius 3 is 2.44 bits per heavy atom. The minimum absolute atomic E-state index is 0.212. The third kappa shape index (κ3) is 3.86. The molecule has 2 atom stereocenters.